The van der Waals surface area contributed by atoms with Gasteiger partial charge in [-0.05, 0) is 30.8 Å². The topological polar surface area (TPSA) is 74.0 Å². The number of pyridine rings is 1. The lowest BCUT2D eigenvalue weighted by molar-refractivity contribution is 0.686. The zero-order chi connectivity index (χ0) is 13.4. The Kier molecular flexibility index (Phi) is 3.00. The summed E-state index contributed by atoms with van der Waals surface area (Å²) in [6.07, 6.45) is 1.95. The molecule has 3 heterocycles. The normalized spacial score (nSPS) is 11.3. The van der Waals surface area contributed by atoms with Crippen LogP contribution in [0.25, 0.3) is 5.65 Å². The van der Waals surface area contributed by atoms with Gasteiger partial charge in [-0.15, -0.1) is 10.2 Å². The average molecular weight is 274 g/mol. The minimum Gasteiger partial charge on any atom is -0.326 e. The van der Waals surface area contributed by atoms with Crippen LogP contribution in [0.15, 0.2) is 34.6 Å². The van der Waals surface area contributed by atoms with Crippen molar-refractivity contribution in [3.63, 3.8) is 0 Å². The van der Waals surface area contributed by atoms with Crippen LogP contribution >= 0.6 is 11.8 Å². The zero-order valence-electron chi connectivity index (χ0n) is 10.7. The van der Waals surface area contributed by atoms with Crippen molar-refractivity contribution in [1.82, 2.24) is 24.4 Å². The van der Waals surface area contributed by atoms with Crippen molar-refractivity contribution in [2.24, 2.45) is 12.8 Å². The number of aryl methyl sites for hydroxylation is 2. The van der Waals surface area contributed by atoms with Gasteiger partial charge in [0.2, 0.25) is 5.16 Å². The molecule has 0 unspecified atom stereocenters. The molecule has 0 aliphatic carbocycles. The van der Waals surface area contributed by atoms with Gasteiger partial charge in [-0.3, -0.25) is 9.08 Å². The molecule has 0 bridgehead atoms. The first-order valence-electron chi connectivity index (χ1n) is 5.91. The summed E-state index contributed by atoms with van der Waals surface area (Å²) >= 11 is 1.53. The van der Waals surface area contributed by atoms with Gasteiger partial charge >= 0.3 is 0 Å². The van der Waals surface area contributed by atoms with Gasteiger partial charge in [-0.2, -0.15) is 5.10 Å². The predicted molar refractivity (Wildman–Crippen MR) is 72.9 cm³/mol. The Morgan fingerprint density at radius 3 is 2.95 bits per heavy atom. The standard InChI is InChI=1S/C12H14N6S/c1-8-9(7-13)11(17(2)16-8)19-12-15-14-10-5-3-4-6-18(10)12/h3-6H,7,13H2,1-2H3. The summed E-state index contributed by atoms with van der Waals surface area (Å²) in [6.45, 7) is 2.44. The third kappa shape index (κ3) is 2.00. The number of rotatable bonds is 3. The van der Waals surface area contributed by atoms with Gasteiger partial charge in [0, 0.05) is 25.4 Å². The number of aromatic nitrogens is 5. The van der Waals surface area contributed by atoms with Crippen LogP contribution in [0, 0.1) is 6.92 Å². The van der Waals surface area contributed by atoms with Gasteiger partial charge in [0.1, 0.15) is 5.03 Å². The monoisotopic (exact) mass is 274 g/mol. The summed E-state index contributed by atoms with van der Waals surface area (Å²) in [5, 5.41) is 14.6. The predicted octanol–water partition coefficient (Wildman–Crippen LogP) is 1.38. The molecule has 0 atom stereocenters. The van der Waals surface area contributed by atoms with Crippen molar-refractivity contribution >= 4 is 17.4 Å². The van der Waals surface area contributed by atoms with Gasteiger partial charge in [-0.1, -0.05) is 6.07 Å². The third-order valence-corrected chi connectivity index (χ3v) is 4.13. The molecule has 3 rings (SSSR count). The van der Waals surface area contributed by atoms with E-state index in [0.29, 0.717) is 6.54 Å². The molecule has 0 aliphatic heterocycles. The summed E-state index contributed by atoms with van der Waals surface area (Å²) in [7, 11) is 1.91. The van der Waals surface area contributed by atoms with Gasteiger partial charge < -0.3 is 5.73 Å². The minimum absolute atomic E-state index is 0.471. The van der Waals surface area contributed by atoms with E-state index in [1.165, 1.54) is 11.8 Å². The molecule has 2 N–H and O–H groups in total. The van der Waals surface area contributed by atoms with E-state index in [9.17, 15) is 0 Å². The van der Waals surface area contributed by atoms with Crippen LogP contribution in [0.2, 0.25) is 0 Å². The first-order chi connectivity index (χ1) is 9.20. The third-order valence-electron chi connectivity index (χ3n) is 2.96. The summed E-state index contributed by atoms with van der Waals surface area (Å²) < 4.78 is 3.79. The van der Waals surface area contributed by atoms with Gasteiger partial charge in [0.15, 0.2) is 5.65 Å². The van der Waals surface area contributed by atoms with Crippen LogP contribution in [0.4, 0.5) is 0 Å². The Bertz CT molecular complexity index is 729. The molecule has 0 saturated heterocycles. The fourth-order valence-electron chi connectivity index (χ4n) is 2.02. The van der Waals surface area contributed by atoms with E-state index in [-0.39, 0.29) is 0 Å². The molecule has 7 heteroatoms. The van der Waals surface area contributed by atoms with Crippen LogP contribution in [0.3, 0.4) is 0 Å². The van der Waals surface area contributed by atoms with E-state index in [1.807, 2.05) is 47.4 Å². The maximum absolute atomic E-state index is 5.80. The molecule has 3 aromatic rings. The SMILES string of the molecule is Cc1nn(C)c(Sc2nnc3ccccn23)c1CN. The Hall–Kier alpha value is -1.86. The molecule has 0 aromatic carbocycles. The average Bonchev–Trinajstić information content (AvgIpc) is 2.93. The van der Waals surface area contributed by atoms with Crippen molar-refractivity contribution in [2.45, 2.75) is 23.7 Å². The summed E-state index contributed by atoms with van der Waals surface area (Å²) in [6, 6.07) is 5.83. The van der Waals surface area contributed by atoms with E-state index in [2.05, 4.69) is 15.3 Å². The summed E-state index contributed by atoms with van der Waals surface area (Å²) in [4.78, 5) is 0. The molecule has 98 valence electrons. The Morgan fingerprint density at radius 1 is 1.32 bits per heavy atom. The second-order valence-corrected chi connectivity index (χ2v) is 5.17. The molecule has 0 fully saturated rings. The molecule has 0 aliphatic rings. The van der Waals surface area contributed by atoms with E-state index < -0.39 is 0 Å². The molecule has 0 spiro atoms. The minimum atomic E-state index is 0.471. The van der Waals surface area contributed by atoms with E-state index in [4.69, 9.17) is 5.73 Å². The second-order valence-electron chi connectivity index (χ2n) is 4.21. The van der Waals surface area contributed by atoms with Crippen molar-refractivity contribution in [2.75, 3.05) is 0 Å². The molecule has 19 heavy (non-hydrogen) atoms. The van der Waals surface area contributed by atoms with Crippen LogP contribution < -0.4 is 5.73 Å². The van der Waals surface area contributed by atoms with Crippen LogP contribution in [0.1, 0.15) is 11.3 Å². The van der Waals surface area contributed by atoms with E-state index in [0.717, 1.165) is 27.1 Å². The molecule has 6 nitrogen and oxygen atoms in total. The van der Waals surface area contributed by atoms with Crippen molar-refractivity contribution < 1.29 is 0 Å². The van der Waals surface area contributed by atoms with Crippen molar-refractivity contribution in [3.05, 3.63) is 35.7 Å². The lowest BCUT2D eigenvalue weighted by atomic mass is 10.3. The van der Waals surface area contributed by atoms with Crippen molar-refractivity contribution in [1.29, 1.82) is 0 Å². The zero-order valence-corrected chi connectivity index (χ0v) is 11.6. The number of nitrogens with two attached hydrogens (primary N) is 1. The molecule has 0 radical (unpaired) electrons. The maximum Gasteiger partial charge on any atom is 0.201 e. The van der Waals surface area contributed by atoms with Crippen LogP contribution in [0.5, 0.6) is 0 Å². The van der Waals surface area contributed by atoms with Gasteiger partial charge in [0.25, 0.3) is 0 Å². The molecule has 3 aromatic heterocycles. The highest BCUT2D eigenvalue weighted by molar-refractivity contribution is 7.99. The van der Waals surface area contributed by atoms with Crippen LogP contribution in [-0.2, 0) is 13.6 Å². The molecular weight excluding hydrogens is 260 g/mol. The molecular formula is C12H14N6S. The van der Waals surface area contributed by atoms with Crippen LogP contribution in [-0.4, -0.2) is 24.4 Å². The summed E-state index contributed by atoms with van der Waals surface area (Å²) in [5.74, 6) is 0. The fraction of sp³-hybridized carbons (Fsp3) is 0.250. The highest BCUT2D eigenvalue weighted by atomic mass is 32.2. The largest absolute Gasteiger partial charge is 0.326 e. The van der Waals surface area contributed by atoms with Gasteiger partial charge in [-0.25, -0.2) is 0 Å². The number of fused-ring (bicyclic) bond motifs is 1. The smallest absolute Gasteiger partial charge is 0.201 e. The number of nitrogens with zero attached hydrogens (tertiary/aromatic N) is 5. The summed E-state index contributed by atoms with van der Waals surface area (Å²) in [5.41, 5.74) is 8.64. The fourth-order valence-corrected chi connectivity index (χ4v) is 3.05. The Morgan fingerprint density at radius 2 is 2.16 bits per heavy atom. The Balaban J connectivity index is 2.06. The lowest BCUT2D eigenvalue weighted by Crippen LogP contribution is -2.00. The first kappa shape index (κ1) is 12.2. The first-order valence-corrected chi connectivity index (χ1v) is 6.72. The second kappa shape index (κ2) is 4.67. The quantitative estimate of drug-likeness (QED) is 0.781. The Labute approximate surface area is 114 Å². The van der Waals surface area contributed by atoms with Gasteiger partial charge in [0.05, 0.1) is 5.69 Å². The van der Waals surface area contributed by atoms with E-state index >= 15 is 0 Å². The molecule has 0 amide bonds. The van der Waals surface area contributed by atoms with E-state index in [1.54, 1.807) is 0 Å². The highest BCUT2D eigenvalue weighted by Gasteiger charge is 2.16. The lowest BCUT2D eigenvalue weighted by Gasteiger charge is -2.03. The number of hydrogen-bond acceptors (Lipinski definition) is 5. The maximum atomic E-state index is 5.80. The van der Waals surface area contributed by atoms with Crippen molar-refractivity contribution in [3.8, 4) is 0 Å². The highest BCUT2D eigenvalue weighted by Crippen LogP contribution is 2.30. The number of hydrogen-bond donors (Lipinski definition) is 1. The molecule has 0 saturated carbocycles.